The summed E-state index contributed by atoms with van der Waals surface area (Å²) in [4.78, 5) is 10.2. The standard InChI is InChI=1S/C10H17NO3/c1-2-9-8(4-6-14-9)7-11-5-3-10(12)13/h3,5,8-9,11H,2,4,6-7H2,1H3,(H,12,13)/b5-3+. The smallest absolute Gasteiger partial charge is 0.329 e. The second-order valence-electron chi connectivity index (χ2n) is 3.45. The summed E-state index contributed by atoms with van der Waals surface area (Å²) in [7, 11) is 0. The number of ether oxygens (including phenoxy) is 1. The van der Waals surface area contributed by atoms with Gasteiger partial charge in [-0.15, -0.1) is 0 Å². The van der Waals surface area contributed by atoms with Crippen molar-refractivity contribution in [3.63, 3.8) is 0 Å². The summed E-state index contributed by atoms with van der Waals surface area (Å²) in [6.07, 6.45) is 5.01. The average Bonchev–Trinajstić information content (AvgIpc) is 2.59. The maximum absolute atomic E-state index is 10.2. The number of carboxylic acids is 1. The molecule has 4 heteroatoms. The fourth-order valence-electron chi connectivity index (χ4n) is 1.73. The van der Waals surface area contributed by atoms with Gasteiger partial charge in [0.25, 0.3) is 0 Å². The van der Waals surface area contributed by atoms with E-state index in [-0.39, 0.29) is 0 Å². The predicted molar refractivity (Wildman–Crippen MR) is 52.9 cm³/mol. The Balaban J connectivity index is 2.20. The van der Waals surface area contributed by atoms with Crippen LogP contribution in [-0.2, 0) is 9.53 Å². The highest BCUT2D eigenvalue weighted by Gasteiger charge is 2.25. The van der Waals surface area contributed by atoms with Crippen LogP contribution in [0.2, 0.25) is 0 Å². The molecule has 0 aliphatic carbocycles. The number of carbonyl (C=O) groups is 1. The van der Waals surface area contributed by atoms with Gasteiger partial charge < -0.3 is 15.2 Å². The third kappa shape index (κ3) is 3.38. The van der Waals surface area contributed by atoms with E-state index in [1.165, 1.54) is 6.20 Å². The Hall–Kier alpha value is -1.03. The van der Waals surface area contributed by atoms with Crippen molar-refractivity contribution in [2.24, 2.45) is 5.92 Å². The minimum absolute atomic E-state index is 0.334. The van der Waals surface area contributed by atoms with Crippen LogP contribution in [0, 0.1) is 5.92 Å². The van der Waals surface area contributed by atoms with Crippen molar-refractivity contribution in [1.29, 1.82) is 0 Å². The normalized spacial score (nSPS) is 26.9. The highest BCUT2D eigenvalue weighted by Crippen LogP contribution is 2.22. The summed E-state index contributed by atoms with van der Waals surface area (Å²) in [5, 5.41) is 11.3. The van der Waals surface area contributed by atoms with E-state index in [1.54, 1.807) is 0 Å². The van der Waals surface area contributed by atoms with Crippen molar-refractivity contribution >= 4 is 5.97 Å². The second kappa shape index (κ2) is 5.65. The van der Waals surface area contributed by atoms with E-state index in [0.29, 0.717) is 12.0 Å². The van der Waals surface area contributed by atoms with Gasteiger partial charge in [0.1, 0.15) is 0 Å². The molecule has 1 fully saturated rings. The summed E-state index contributed by atoms with van der Waals surface area (Å²) < 4.78 is 5.51. The lowest BCUT2D eigenvalue weighted by Crippen LogP contribution is -2.25. The molecule has 0 radical (unpaired) electrons. The van der Waals surface area contributed by atoms with Crippen molar-refractivity contribution in [1.82, 2.24) is 5.32 Å². The summed E-state index contributed by atoms with van der Waals surface area (Å²) >= 11 is 0. The second-order valence-corrected chi connectivity index (χ2v) is 3.45. The summed E-state index contributed by atoms with van der Waals surface area (Å²) in [5.74, 6) is -0.411. The van der Waals surface area contributed by atoms with Gasteiger partial charge in [-0.2, -0.15) is 0 Å². The molecule has 1 saturated heterocycles. The molecule has 0 amide bonds. The van der Waals surface area contributed by atoms with Gasteiger partial charge in [-0.3, -0.25) is 0 Å². The summed E-state index contributed by atoms with van der Waals surface area (Å²) in [6, 6.07) is 0. The molecule has 0 spiro atoms. The number of hydrogen-bond acceptors (Lipinski definition) is 3. The minimum Gasteiger partial charge on any atom is -0.478 e. The van der Waals surface area contributed by atoms with Crippen LogP contribution in [0.3, 0.4) is 0 Å². The van der Waals surface area contributed by atoms with Crippen molar-refractivity contribution < 1.29 is 14.6 Å². The van der Waals surface area contributed by atoms with E-state index in [1.807, 2.05) is 0 Å². The first-order valence-corrected chi connectivity index (χ1v) is 4.98. The van der Waals surface area contributed by atoms with Gasteiger partial charge in [0.05, 0.1) is 6.10 Å². The SMILES string of the molecule is CCC1OCCC1CN/C=C/C(=O)O. The molecule has 0 aromatic heterocycles. The Bertz CT molecular complexity index is 215. The Morgan fingerprint density at radius 1 is 1.71 bits per heavy atom. The zero-order valence-corrected chi connectivity index (χ0v) is 8.40. The topological polar surface area (TPSA) is 58.6 Å². The van der Waals surface area contributed by atoms with Gasteiger partial charge in [-0.25, -0.2) is 4.79 Å². The number of nitrogens with one attached hydrogen (secondary N) is 1. The first-order valence-electron chi connectivity index (χ1n) is 4.98. The molecule has 4 nitrogen and oxygen atoms in total. The molecule has 0 aromatic carbocycles. The predicted octanol–water partition coefficient (Wildman–Crippen LogP) is 0.989. The van der Waals surface area contributed by atoms with Crippen LogP contribution >= 0.6 is 0 Å². The number of rotatable bonds is 5. The summed E-state index contributed by atoms with van der Waals surface area (Å²) in [6.45, 7) is 3.73. The van der Waals surface area contributed by atoms with E-state index in [2.05, 4.69) is 12.2 Å². The van der Waals surface area contributed by atoms with Gasteiger partial charge in [0, 0.05) is 31.3 Å². The van der Waals surface area contributed by atoms with E-state index in [0.717, 1.165) is 32.1 Å². The van der Waals surface area contributed by atoms with Crippen LogP contribution in [0.5, 0.6) is 0 Å². The Morgan fingerprint density at radius 2 is 2.50 bits per heavy atom. The van der Waals surface area contributed by atoms with E-state index in [9.17, 15) is 4.79 Å². The van der Waals surface area contributed by atoms with Crippen LogP contribution in [0.1, 0.15) is 19.8 Å². The number of aliphatic carboxylic acids is 1. The van der Waals surface area contributed by atoms with Crippen LogP contribution in [0.25, 0.3) is 0 Å². The number of hydrogen-bond donors (Lipinski definition) is 2. The lowest BCUT2D eigenvalue weighted by molar-refractivity contribution is -0.131. The van der Waals surface area contributed by atoms with Crippen LogP contribution in [0.4, 0.5) is 0 Å². The molecule has 0 bridgehead atoms. The Morgan fingerprint density at radius 3 is 3.14 bits per heavy atom. The number of carboxylic acid groups (broad SMARTS) is 1. The van der Waals surface area contributed by atoms with E-state index < -0.39 is 5.97 Å². The lowest BCUT2D eigenvalue weighted by Gasteiger charge is -2.16. The highest BCUT2D eigenvalue weighted by atomic mass is 16.5. The first kappa shape index (κ1) is 11.0. The molecule has 0 saturated carbocycles. The Labute approximate surface area is 83.9 Å². The molecular weight excluding hydrogens is 182 g/mol. The molecule has 2 atom stereocenters. The molecule has 2 unspecified atom stereocenters. The molecule has 80 valence electrons. The average molecular weight is 199 g/mol. The zero-order valence-electron chi connectivity index (χ0n) is 8.40. The molecule has 2 N–H and O–H groups in total. The van der Waals surface area contributed by atoms with Crippen molar-refractivity contribution in [3.8, 4) is 0 Å². The largest absolute Gasteiger partial charge is 0.478 e. The first-order chi connectivity index (χ1) is 6.74. The molecule has 14 heavy (non-hydrogen) atoms. The van der Waals surface area contributed by atoms with Crippen LogP contribution in [-0.4, -0.2) is 30.3 Å². The van der Waals surface area contributed by atoms with Crippen LogP contribution in [0.15, 0.2) is 12.3 Å². The van der Waals surface area contributed by atoms with Gasteiger partial charge in [0.15, 0.2) is 0 Å². The molecular formula is C10H17NO3. The van der Waals surface area contributed by atoms with E-state index in [4.69, 9.17) is 9.84 Å². The Kier molecular flexibility index (Phi) is 4.46. The van der Waals surface area contributed by atoms with Gasteiger partial charge in [-0.05, 0) is 12.8 Å². The maximum Gasteiger partial charge on any atom is 0.329 e. The quantitative estimate of drug-likeness (QED) is 0.648. The molecule has 1 aliphatic heterocycles. The van der Waals surface area contributed by atoms with Crippen LogP contribution < -0.4 is 5.32 Å². The maximum atomic E-state index is 10.2. The summed E-state index contributed by atoms with van der Waals surface area (Å²) in [5.41, 5.74) is 0. The molecule has 1 rings (SSSR count). The van der Waals surface area contributed by atoms with E-state index >= 15 is 0 Å². The van der Waals surface area contributed by atoms with Gasteiger partial charge >= 0.3 is 5.97 Å². The molecule has 0 aromatic rings. The fourth-order valence-corrected chi connectivity index (χ4v) is 1.73. The van der Waals surface area contributed by atoms with Crippen molar-refractivity contribution in [2.75, 3.05) is 13.2 Å². The molecule has 1 heterocycles. The zero-order chi connectivity index (χ0) is 10.4. The lowest BCUT2D eigenvalue weighted by atomic mass is 10.00. The van der Waals surface area contributed by atoms with Crippen molar-refractivity contribution in [2.45, 2.75) is 25.9 Å². The van der Waals surface area contributed by atoms with Gasteiger partial charge in [0.2, 0.25) is 0 Å². The monoisotopic (exact) mass is 199 g/mol. The van der Waals surface area contributed by atoms with Crippen molar-refractivity contribution in [3.05, 3.63) is 12.3 Å². The molecule has 1 aliphatic rings. The minimum atomic E-state index is -0.924. The fraction of sp³-hybridized carbons (Fsp3) is 0.700. The third-order valence-corrected chi connectivity index (χ3v) is 2.47. The highest BCUT2D eigenvalue weighted by molar-refractivity contribution is 5.79. The van der Waals surface area contributed by atoms with Gasteiger partial charge in [-0.1, -0.05) is 6.92 Å². The third-order valence-electron chi connectivity index (χ3n) is 2.47.